The Balaban J connectivity index is 1.25. The minimum Gasteiger partial charge on any atom is -0.374 e. The second kappa shape index (κ2) is 9.94. The smallest absolute Gasteiger partial charge is 0.319 e. The summed E-state index contributed by atoms with van der Waals surface area (Å²) in [4.78, 5) is 26.8. The predicted octanol–water partition coefficient (Wildman–Crippen LogP) is 3.37. The monoisotopic (exact) mass is 422 g/mol. The summed E-state index contributed by atoms with van der Waals surface area (Å²) in [6, 6.07) is 15.6. The second-order valence-electron chi connectivity index (χ2n) is 8.34. The quantitative estimate of drug-likeness (QED) is 0.639. The normalized spacial score (nSPS) is 18.9. The molecule has 164 valence electrons. The van der Waals surface area contributed by atoms with Gasteiger partial charge in [0.25, 0.3) is 0 Å². The summed E-state index contributed by atoms with van der Waals surface area (Å²) >= 11 is 0. The van der Waals surface area contributed by atoms with Crippen LogP contribution in [0.3, 0.4) is 0 Å². The number of hydrogen-bond acceptors (Lipinski definition) is 4. The van der Waals surface area contributed by atoms with Crippen LogP contribution in [0.2, 0.25) is 0 Å². The zero-order valence-electron chi connectivity index (χ0n) is 17.9. The maximum absolute atomic E-state index is 12.5. The first-order valence-corrected chi connectivity index (χ1v) is 10.9. The summed E-state index contributed by atoms with van der Waals surface area (Å²) in [6.07, 6.45) is 1.86. The minimum absolute atomic E-state index is 0.0477. The fourth-order valence-corrected chi connectivity index (χ4v) is 3.69. The fourth-order valence-electron chi connectivity index (χ4n) is 3.69. The van der Waals surface area contributed by atoms with Crippen molar-refractivity contribution in [2.45, 2.75) is 32.4 Å². The van der Waals surface area contributed by atoms with E-state index in [2.05, 4.69) is 33.0 Å². The summed E-state index contributed by atoms with van der Waals surface area (Å²) in [6.45, 7) is 5.56. The van der Waals surface area contributed by atoms with Gasteiger partial charge in [-0.05, 0) is 43.0 Å². The highest BCUT2D eigenvalue weighted by Crippen LogP contribution is 2.30. The average molecular weight is 423 g/mol. The molecule has 1 aliphatic heterocycles. The standard InChI is InChI=1S/C24H30N4O3/c1-17-7-10-20(26-23(29)19-8-9-19)13-22(17)27-24(30)25-14-21-16-28(11-12-31-21)15-18-5-3-2-4-6-18/h2-7,10,13,19,21H,8-9,11-12,14-16H2,1H3,(H,26,29)(H2,25,27,30). The van der Waals surface area contributed by atoms with Crippen molar-refractivity contribution in [3.8, 4) is 0 Å². The Morgan fingerprint density at radius 3 is 2.68 bits per heavy atom. The molecule has 0 spiro atoms. The molecule has 1 saturated carbocycles. The van der Waals surface area contributed by atoms with E-state index in [-0.39, 0.29) is 24.0 Å². The van der Waals surface area contributed by atoms with Crippen molar-refractivity contribution in [1.82, 2.24) is 10.2 Å². The number of ether oxygens (including phenoxy) is 1. The number of carbonyl (C=O) groups is 2. The molecule has 2 fully saturated rings. The maximum Gasteiger partial charge on any atom is 0.319 e. The van der Waals surface area contributed by atoms with Gasteiger partial charge in [0, 0.05) is 43.5 Å². The van der Waals surface area contributed by atoms with Gasteiger partial charge in [-0.3, -0.25) is 9.69 Å². The van der Waals surface area contributed by atoms with Gasteiger partial charge in [0.1, 0.15) is 0 Å². The summed E-state index contributed by atoms with van der Waals surface area (Å²) in [5, 5.41) is 8.72. The first-order valence-electron chi connectivity index (χ1n) is 10.9. The van der Waals surface area contributed by atoms with Crippen LogP contribution in [0.25, 0.3) is 0 Å². The largest absolute Gasteiger partial charge is 0.374 e. The van der Waals surface area contributed by atoms with E-state index >= 15 is 0 Å². The number of nitrogens with one attached hydrogen (secondary N) is 3. The minimum atomic E-state index is -0.280. The van der Waals surface area contributed by atoms with E-state index in [1.165, 1.54) is 5.56 Å². The van der Waals surface area contributed by atoms with E-state index < -0.39 is 0 Å². The SMILES string of the molecule is Cc1ccc(NC(=O)C2CC2)cc1NC(=O)NCC1CN(Cc2ccccc2)CCO1. The van der Waals surface area contributed by atoms with Gasteiger partial charge >= 0.3 is 6.03 Å². The number of nitrogens with zero attached hydrogens (tertiary/aromatic N) is 1. The molecule has 7 heteroatoms. The van der Waals surface area contributed by atoms with Gasteiger partial charge in [0.2, 0.25) is 5.91 Å². The molecule has 31 heavy (non-hydrogen) atoms. The van der Waals surface area contributed by atoms with Gasteiger partial charge in [0.05, 0.1) is 12.7 Å². The van der Waals surface area contributed by atoms with Crippen molar-refractivity contribution in [3.05, 3.63) is 59.7 Å². The lowest BCUT2D eigenvalue weighted by Gasteiger charge is -2.33. The lowest BCUT2D eigenvalue weighted by Crippen LogP contribution is -2.47. The third kappa shape index (κ3) is 6.29. The van der Waals surface area contributed by atoms with Crippen LogP contribution in [0.1, 0.15) is 24.0 Å². The van der Waals surface area contributed by atoms with Gasteiger partial charge in [-0.15, -0.1) is 0 Å². The molecule has 4 rings (SSSR count). The lowest BCUT2D eigenvalue weighted by molar-refractivity contribution is -0.117. The maximum atomic E-state index is 12.5. The van der Waals surface area contributed by atoms with Crippen LogP contribution in [0, 0.1) is 12.8 Å². The van der Waals surface area contributed by atoms with Gasteiger partial charge in [0.15, 0.2) is 0 Å². The van der Waals surface area contributed by atoms with Gasteiger partial charge in [-0.2, -0.15) is 0 Å². The van der Waals surface area contributed by atoms with Gasteiger partial charge in [-0.25, -0.2) is 4.79 Å². The van der Waals surface area contributed by atoms with Crippen LogP contribution < -0.4 is 16.0 Å². The fraction of sp³-hybridized carbons (Fsp3) is 0.417. The highest BCUT2D eigenvalue weighted by Gasteiger charge is 2.29. The van der Waals surface area contributed by atoms with E-state index in [0.717, 1.165) is 38.0 Å². The molecule has 3 amide bonds. The molecule has 0 radical (unpaired) electrons. The number of anilines is 2. The third-order valence-electron chi connectivity index (χ3n) is 5.66. The average Bonchev–Trinajstić information content (AvgIpc) is 3.61. The van der Waals surface area contributed by atoms with Crippen molar-refractivity contribution >= 4 is 23.3 Å². The van der Waals surface area contributed by atoms with Crippen LogP contribution in [-0.4, -0.2) is 49.2 Å². The number of rotatable bonds is 7. The molecule has 0 bridgehead atoms. The number of amides is 3. The highest BCUT2D eigenvalue weighted by atomic mass is 16.5. The van der Waals surface area contributed by atoms with Crippen LogP contribution in [0.4, 0.5) is 16.2 Å². The molecule has 2 aromatic carbocycles. The Hall–Kier alpha value is -2.90. The Morgan fingerprint density at radius 2 is 1.90 bits per heavy atom. The summed E-state index contributed by atoms with van der Waals surface area (Å²) < 4.78 is 5.83. The molecule has 1 aliphatic carbocycles. The molecule has 0 aromatic heterocycles. The van der Waals surface area contributed by atoms with Gasteiger partial charge < -0.3 is 20.7 Å². The van der Waals surface area contributed by atoms with E-state index in [9.17, 15) is 9.59 Å². The van der Waals surface area contributed by atoms with Crippen molar-refractivity contribution in [3.63, 3.8) is 0 Å². The van der Waals surface area contributed by atoms with Crippen molar-refractivity contribution in [2.24, 2.45) is 5.92 Å². The van der Waals surface area contributed by atoms with E-state index in [1.54, 1.807) is 6.07 Å². The molecule has 1 saturated heterocycles. The number of carbonyl (C=O) groups excluding carboxylic acids is 2. The first-order chi connectivity index (χ1) is 15.1. The molecule has 1 unspecified atom stereocenters. The molecule has 1 heterocycles. The number of urea groups is 1. The molecule has 1 atom stereocenters. The zero-order valence-corrected chi connectivity index (χ0v) is 17.9. The van der Waals surface area contributed by atoms with E-state index in [4.69, 9.17) is 4.74 Å². The van der Waals surface area contributed by atoms with Crippen molar-refractivity contribution in [1.29, 1.82) is 0 Å². The van der Waals surface area contributed by atoms with Crippen LogP contribution in [0.5, 0.6) is 0 Å². The summed E-state index contributed by atoms with van der Waals surface area (Å²) in [5.41, 5.74) is 3.59. The van der Waals surface area contributed by atoms with Gasteiger partial charge in [-0.1, -0.05) is 36.4 Å². The van der Waals surface area contributed by atoms with Crippen molar-refractivity contribution < 1.29 is 14.3 Å². The highest BCUT2D eigenvalue weighted by molar-refractivity contribution is 5.96. The second-order valence-corrected chi connectivity index (χ2v) is 8.34. The first kappa shape index (κ1) is 21.3. The zero-order chi connectivity index (χ0) is 21.6. The Kier molecular flexibility index (Phi) is 6.84. The van der Waals surface area contributed by atoms with Crippen LogP contribution >= 0.6 is 0 Å². The van der Waals surface area contributed by atoms with Crippen LogP contribution in [0.15, 0.2) is 48.5 Å². The number of morpholine rings is 1. The Labute approximate surface area is 183 Å². The lowest BCUT2D eigenvalue weighted by atomic mass is 10.1. The number of hydrogen-bond donors (Lipinski definition) is 3. The summed E-state index contributed by atoms with van der Waals surface area (Å²) in [7, 11) is 0. The van der Waals surface area contributed by atoms with E-state index in [0.29, 0.717) is 24.5 Å². The molecular formula is C24H30N4O3. The topological polar surface area (TPSA) is 82.7 Å². The number of aryl methyl sites for hydroxylation is 1. The third-order valence-corrected chi connectivity index (χ3v) is 5.66. The Morgan fingerprint density at radius 1 is 1.10 bits per heavy atom. The predicted molar refractivity (Wildman–Crippen MR) is 121 cm³/mol. The molecule has 3 N–H and O–H groups in total. The van der Waals surface area contributed by atoms with Crippen LogP contribution in [-0.2, 0) is 16.1 Å². The molecule has 7 nitrogen and oxygen atoms in total. The molecular weight excluding hydrogens is 392 g/mol. The molecule has 2 aliphatic rings. The Bertz CT molecular complexity index is 914. The van der Waals surface area contributed by atoms with E-state index in [1.807, 2.05) is 37.3 Å². The molecule has 2 aromatic rings. The summed E-state index contributed by atoms with van der Waals surface area (Å²) in [5.74, 6) is 0.187. The number of benzene rings is 2. The van der Waals surface area contributed by atoms with Crippen molar-refractivity contribution in [2.75, 3.05) is 36.9 Å².